The SMILES string of the molecule is NCc1ccc(-c2ncc(-c3ccccc3F)[nH]2)cc1. The van der Waals surface area contributed by atoms with Gasteiger partial charge in [-0.2, -0.15) is 0 Å². The van der Waals surface area contributed by atoms with Gasteiger partial charge in [0.2, 0.25) is 0 Å². The van der Waals surface area contributed by atoms with E-state index < -0.39 is 0 Å². The van der Waals surface area contributed by atoms with Crippen LogP contribution in [0.25, 0.3) is 22.6 Å². The molecule has 2 aromatic carbocycles. The lowest BCUT2D eigenvalue weighted by Crippen LogP contribution is -1.95. The van der Waals surface area contributed by atoms with Crippen LogP contribution in [0.3, 0.4) is 0 Å². The number of nitrogens with zero attached hydrogens (tertiary/aromatic N) is 1. The Morgan fingerprint density at radius 2 is 1.80 bits per heavy atom. The van der Waals surface area contributed by atoms with Crippen LogP contribution in [0.5, 0.6) is 0 Å². The molecule has 0 aliphatic heterocycles. The molecule has 0 fully saturated rings. The van der Waals surface area contributed by atoms with Crippen molar-refractivity contribution in [1.29, 1.82) is 0 Å². The van der Waals surface area contributed by atoms with Crippen LogP contribution >= 0.6 is 0 Å². The van der Waals surface area contributed by atoms with Crippen molar-refractivity contribution in [2.75, 3.05) is 0 Å². The third-order valence-corrected chi connectivity index (χ3v) is 3.20. The lowest BCUT2D eigenvalue weighted by atomic mass is 10.1. The van der Waals surface area contributed by atoms with E-state index in [-0.39, 0.29) is 5.82 Å². The van der Waals surface area contributed by atoms with Crippen molar-refractivity contribution in [2.24, 2.45) is 5.73 Å². The Labute approximate surface area is 116 Å². The first-order valence-electron chi connectivity index (χ1n) is 6.37. The van der Waals surface area contributed by atoms with Gasteiger partial charge in [0.05, 0.1) is 11.9 Å². The third-order valence-electron chi connectivity index (χ3n) is 3.20. The van der Waals surface area contributed by atoms with Gasteiger partial charge in [0.1, 0.15) is 11.6 Å². The minimum absolute atomic E-state index is 0.263. The Hall–Kier alpha value is -2.46. The van der Waals surface area contributed by atoms with E-state index in [9.17, 15) is 4.39 Å². The number of H-pyrrole nitrogens is 1. The van der Waals surface area contributed by atoms with Crippen molar-refractivity contribution in [3.63, 3.8) is 0 Å². The fourth-order valence-electron chi connectivity index (χ4n) is 2.08. The maximum absolute atomic E-state index is 13.7. The summed E-state index contributed by atoms with van der Waals surface area (Å²) >= 11 is 0. The summed E-state index contributed by atoms with van der Waals surface area (Å²) in [5.74, 6) is 0.452. The maximum atomic E-state index is 13.7. The molecule has 0 aliphatic rings. The highest BCUT2D eigenvalue weighted by Crippen LogP contribution is 2.24. The Kier molecular flexibility index (Phi) is 3.31. The molecule has 0 bridgehead atoms. The summed E-state index contributed by atoms with van der Waals surface area (Å²) in [6.45, 7) is 0.513. The molecule has 0 radical (unpaired) electrons. The van der Waals surface area contributed by atoms with Gasteiger partial charge < -0.3 is 10.7 Å². The Morgan fingerprint density at radius 1 is 1.05 bits per heavy atom. The van der Waals surface area contributed by atoms with Crippen molar-refractivity contribution >= 4 is 0 Å². The number of imidazole rings is 1. The van der Waals surface area contributed by atoms with Crippen molar-refractivity contribution in [2.45, 2.75) is 6.54 Å². The topological polar surface area (TPSA) is 54.7 Å². The zero-order valence-electron chi connectivity index (χ0n) is 10.8. The minimum Gasteiger partial charge on any atom is -0.338 e. The Bertz CT molecular complexity index is 717. The summed E-state index contributed by atoms with van der Waals surface area (Å²) in [5, 5.41) is 0. The van der Waals surface area contributed by atoms with Crippen molar-refractivity contribution < 1.29 is 4.39 Å². The molecule has 1 heterocycles. The van der Waals surface area contributed by atoms with Crippen LogP contribution in [0.2, 0.25) is 0 Å². The van der Waals surface area contributed by atoms with Crippen LogP contribution in [0.4, 0.5) is 4.39 Å². The average molecular weight is 267 g/mol. The second-order valence-electron chi connectivity index (χ2n) is 4.53. The van der Waals surface area contributed by atoms with Crippen LogP contribution in [0, 0.1) is 5.82 Å². The zero-order valence-corrected chi connectivity index (χ0v) is 10.8. The van der Waals surface area contributed by atoms with Gasteiger partial charge in [-0.05, 0) is 17.7 Å². The summed E-state index contributed by atoms with van der Waals surface area (Å²) in [5.41, 5.74) is 8.77. The monoisotopic (exact) mass is 267 g/mol. The number of hydrogen-bond donors (Lipinski definition) is 2. The van der Waals surface area contributed by atoms with Crippen LogP contribution in [0.15, 0.2) is 54.7 Å². The lowest BCUT2D eigenvalue weighted by Gasteiger charge is -2.01. The first kappa shape index (κ1) is 12.6. The van der Waals surface area contributed by atoms with Gasteiger partial charge in [-0.1, -0.05) is 36.4 Å². The van der Waals surface area contributed by atoms with Crippen molar-refractivity contribution in [3.8, 4) is 22.6 Å². The molecule has 0 saturated heterocycles. The lowest BCUT2D eigenvalue weighted by molar-refractivity contribution is 0.631. The molecule has 3 nitrogen and oxygen atoms in total. The molecule has 0 spiro atoms. The largest absolute Gasteiger partial charge is 0.338 e. The number of aromatic amines is 1. The molecule has 3 aromatic rings. The predicted octanol–water partition coefficient (Wildman–Crippen LogP) is 3.34. The average Bonchev–Trinajstić information content (AvgIpc) is 2.97. The van der Waals surface area contributed by atoms with E-state index >= 15 is 0 Å². The highest BCUT2D eigenvalue weighted by molar-refractivity contribution is 5.64. The summed E-state index contributed by atoms with van der Waals surface area (Å²) in [4.78, 5) is 7.45. The van der Waals surface area contributed by atoms with Crippen molar-refractivity contribution in [1.82, 2.24) is 9.97 Å². The number of nitrogens with one attached hydrogen (secondary N) is 1. The zero-order chi connectivity index (χ0) is 13.9. The first-order valence-corrected chi connectivity index (χ1v) is 6.37. The minimum atomic E-state index is -0.263. The number of halogens is 1. The fourth-order valence-corrected chi connectivity index (χ4v) is 2.08. The number of rotatable bonds is 3. The third kappa shape index (κ3) is 2.33. The van der Waals surface area contributed by atoms with Crippen LogP contribution < -0.4 is 5.73 Å². The van der Waals surface area contributed by atoms with Gasteiger partial charge in [0.25, 0.3) is 0 Å². The van der Waals surface area contributed by atoms with E-state index in [0.717, 1.165) is 11.1 Å². The summed E-state index contributed by atoms with van der Waals surface area (Å²) in [6.07, 6.45) is 1.64. The molecule has 0 amide bonds. The quantitative estimate of drug-likeness (QED) is 0.764. The Morgan fingerprint density at radius 3 is 2.50 bits per heavy atom. The first-order chi connectivity index (χ1) is 9.78. The van der Waals surface area contributed by atoms with Gasteiger partial charge in [-0.3, -0.25) is 0 Å². The number of nitrogens with two attached hydrogens (primary N) is 1. The molecule has 0 atom stereocenters. The molecule has 3 rings (SSSR count). The Balaban J connectivity index is 1.95. The van der Waals surface area contributed by atoms with E-state index in [1.54, 1.807) is 24.4 Å². The number of aromatic nitrogens is 2. The normalized spacial score (nSPS) is 10.7. The molecule has 1 aromatic heterocycles. The van der Waals surface area contributed by atoms with Crippen LogP contribution in [-0.2, 0) is 6.54 Å². The second kappa shape index (κ2) is 5.27. The molecule has 20 heavy (non-hydrogen) atoms. The van der Waals surface area contributed by atoms with Gasteiger partial charge in [0.15, 0.2) is 0 Å². The number of benzene rings is 2. The van der Waals surface area contributed by atoms with E-state index in [4.69, 9.17) is 5.73 Å². The van der Waals surface area contributed by atoms with Gasteiger partial charge in [-0.25, -0.2) is 9.37 Å². The summed E-state index contributed by atoms with van der Waals surface area (Å²) < 4.78 is 13.7. The fraction of sp³-hybridized carbons (Fsp3) is 0.0625. The molecular formula is C16H14FN3. The van der Waals surface area contributed by atoms with Crippen LogP contribution in [0.1, 0.15) is 5.56 Å². The standard InChI is InChI=1S/C16H14FN3/c17-14-4-2-1-3-13(14)15-10-19-16(20-15)12-7-5-11(9-18)6-8-12/h1-8,10H,9,18H2,(H,19,20). The predicted molar refractivity (Wildman–Crippen MR) is 77.3 cm³/mol. The highest BCUT2D eigenvalue weighted by atomic mass is 19.1. The second-order valence-corrected chi connectivity index (χ2v) is 4.53. The molecule has 100 valence electrons. The van der Waals surface area contributed by atoms with Gasteiger partial charge >= 0.3 is 0 Å². The molecule has 0 saturated carbocycles. The molecular weight excluding hydrogens is 253 g/mol. The molecule has 0 unspecified atom stereocenters. The van der Waals surface area contributed by atoms with Crippen LogP contribution in [-0.4, -0.2) is 9.97 Å². The molecule has 0 aliphatic carbocycles. The van der Waals surface area contributed by atoms with E-state index in [0.29, 0.717) is 23.6 Å². The van der Waals surface area contributed by atoms with Crippen molar-refractivity contribution in [3.05, 3.63) is 66.1 Å². The molecule has 4 heteroatoms. The maximum Gasteiger partial charge on any atom is 0.137 e. The summed E-state index contributed by atoms with van der Waals surface area (Å²) in [7, 11) is 0. The number of hydrogen-bond acceptors (Lipinski definition) is 2. The molecule has 3 N–H and O–H groups in total. The van der Waals surface area contributed by atoms with E-state index in [1.165, 1.54) is 6.07 Å². The van der Waals surface area contributed by atoms with Gasteiger partial charge in [0, 0.05) is 17.7 Å². The summed E-state index contributed by atoms with van der Waals surface area (Å²) in [6, 6.07) is 14.5. The smallest absolute Gasteiger partial charge is 0.137 e. The van der Waals surface area contributed by atoms with Gasteiger partial charge in [-0.15, -0.1) is 0 Å². The highest BCUT2D eigenvalue weighted by Gasteiger charge is 2.08. The van der Waals surface area contributed by atoms with E-state index in [2.05, 4.69) is 9.97 Å². The van der Waals surface area contributed by atoms with E-state index in [1.807, 2.05) is 24.3 Å².